The van der Waals surface area contributed by atoms with Crippen LogP contribution in [-0.4, -0.2) is 23.1 Å². The highest BCUT2D eigenvalue weighted by molar-refractivity contribution is 5.72. The van der Waals surface area contributed by atoms with Crippen LogP contribution in [0.25, 0.3) is 11.3 Å². The molecule has 3 rings (SSSR count). The number of piperidine rings is 1. The fourth-order valence-corrected chi connectivity index (χ4v) is 2.64. The Hall–Kier alpha value is -2.41. The van der Waals surface area contributed by atoms with E-state index in [1.165, 1.54) is 6.42 Å². The molecule has 100 valence electrons. The summed E-state index contributed by atoms with van der Waals surface area (Å²) in [7, 11) is 0. The molecule has 1 saturated heterocycles. The van der Waals surface area contributed by atoms with Gasteiger partial charge >= 0.3 is 0 Å². The molecular formula is C16H16N4. The molecule has 1 aliphatic heterocycles. The van der Waals surface area contributed by atoms with E-state index < -0.39 is 0 Å². The summed E-state index contributed by atoms with van der Waals surface area (Å²) in [5, 5.41) is 9.53. The van der Waals surface area contributed by atoms with Gasteiger partial charge in [-0.1, -0.05) is 30.3 Å². The molecule has 1 fully saturated rings. The Morgan fingerprint density at radius 1 is 1.00 bits per heavy atom. The topological polar surface area (TPSA) is 52.8 Å². The largest absolute Gasteiger partial charge is 0.355 e. The van der Waals surface area contributed by atoms with Gasteiger partial charge < -0.3 is 4.90 Å². The minimum atomic E-state index is 0.584. The Morgan fingerprint density at radius 3 is 2.45 bits per heavy atom. The zero-order valence-electron chi connectivity index (χ0n) is 11.3. The zero-order chi connectivity index (χ0) is 13.8. The first-order valence-electron chi connectivity index (χ1n) is 6.95. The second kappa shape index (κ2) is 5.70. The summed E-state index contributed by atoms with van der Waals surface area (Å²) < 4.78 is 0. The molecule has 0 atom stereocenters. The van der Waals surface area contributed by atoms with Crippen molar-refractivity contribution in [1.82, 2.24) is 9.97 Å². The third-order valence-corrected chi connectivity index (χ3v) is 3.64. The first kappa shape index (κ1) is 12.6. The maximum atomic E-state index is 9.53. The van der Waals surface area contributed by atoms with Crippen LogP contribution in [0.1, 0.15) is 24.8 Å². The van der Waals surface area contributed by atoms with E-state index in [-0.39, 0.29) is 0 Å². The maximum Gasteiger partial charge on any atom is 0.150 e. The lowest BCUT2D eigenvalue weighted by atomic mass is 10.1. The summed E-state index contributed by atoms with van der Waals surface area (Å²) in [6.07, 6.45) is 5.15. The average Bonchev–Trinajstić information content (AvgIpc) is 2.55. The number of aromatic nitrogens is 2. The molecule has 2 aromatic rings. The van der Waals surface area contributed by atoms with Crippen LogP contribution in [0.2, 0.25) is 0 Å². The summed E-state index contributed by atoms with van der Waals surface area (Å²) in [6.45, 7) is 1.94. The van der Waals surface area contributed by atoms with Gasteiger partial charge in [0.05, 0.1) is 5.69 Å². The minimum absolute atomic E-state index is 0.584. The molecule has 1 aliphatic rings. The van der Waals surface area contributed by atoms with Gasteiger partial charge in [-0.3, -0.25) is 0 Å². The lowest BCUT2D eigenvalue weighted by Gasteiger charge is -2.28. The second-order valence-electron chi connectivity index (χ2n) is 4.95. The predicted molar refractivity (Wildman–Crippen MR) is 78.2 cm³/mol. The van der Waals surface area contributed by atoms with E-state index in [9.17, 15) is 5.26 Å². The Kier molecular flexibility index (Phi) is 3.60. The number of nitriles is 1. The fraction of sp³-hybridized carbons (Fsp3) is 0.312. The first-order chi connectivity index (χ1) is 9.90. The summed E-state index contributed by atoms with van der Waals surface area (Å²) in [4.78, 5) is 10.9. The van der Waals surface area contributed by atoms with Crippen molar-refractivity contribution in [1.29, 1.82) is 5.26 Å². The van der Waals surface area contributed by atoms with Crippen molar-refractivity contribution in [2.75, 3.05) is 18.0 Å². The van der Waals surface area contributed by atoms with Gasteiger partial charge in [-0.15, -0.1) is 0 Å². The van der Waals surface area contributed by atoms with Crippen molar-refractivity contribution in [3.8, 4) is 17.3 Å². The van der Waals surface area contributed by atoms with Gasteiger partial charge in [0.25, 0.3) is 0 Å². The highest BCUT2D eigenvalue weighted by Gasteiger charge is 2.19. The van der Waals surface area contributed by atoms with Crippen molar-refractivity contribution >= 4 is 5.82 Å². The van der Waals surface area contributed by atoms with Crippen molar-refractivity contribution in [3.05, 3.63) is 42.2 Å². The van der Waals surface area contributed by atoms with Crippen LogP contribution in [0, 0.1) is 11.3 Å². The van der Waals surface area contributed by atoms with E-state index in [0.717, 1.165) is 43.0 Å². The van der Waals surface area contributed by atoms with E-state index in [1.54, 1.807) is 6.33 Å². The molecule has 0 aliphatic carbocycles. The van der Waals surface area contributed by atoms with Gasteiger partial charge in [-0.2, -0.15) is 5.26 Å². The van der Waals surface area contributed by atoms with Gasteiger partial charge in [0.15, 0.2) is 5.82 Å². The third-order valence-electron chi connectivity index (χ3n) is 3.64. The molecule has 0 spiro atoms. The van der Waals surface area contributed by atoms with Crippen LogP contribution < -0.4 is 4.90 Å². The molecule has 4 nitrogen and oxygen atoms in total. The molecule has 0 N–H and O–H groups in total. The second-order valence-corrected chi connectivity index (χ2v) is 4.95. The van der Waals surface area contributed by atoms with Crippen LogP contribution >= 0.6 is 0 Å². The first-order valence-corrected chi connectivity index (χ1v) is 6.95. The van der Waals surface area contributed by atoms with E-state index in [1.807, 2.05) is 30.3 Å². The predicted octanol–water partition coefficient (Wildman–Crippen LogP) is 3.01. The molecule has 1 aromatic heterocycles. The van der Waals surface area contributed by atoms with E-state index in [0.29, 0.717) is 5.56 Å². The van der Waals surface area contributed by atoms with E-state index >= 15 is 0 Å². The molecule has 4 heteroatoms. The quantitative estimate of drug-likeness (QED) is 0.836. The highest BCUT2D eigenvalue weighted by atomic mass is 15.2. The average molecular weight is 264 g/mol. The van der Waals surface area contributed by atoms with E-state index in [4.69, 9.17) is 0 Å². The number of benzene rings is 1. The van der Waals surface area contributed by atoms with Crippen LogP contribution in [0.15, 0.2) is 36.7 Å². The van der Waals surface area contributed by atoms with Crippen molar-refractivity contribution in [2.45, 2.75) is 19.3 Å². The Morgan fingerprint density at radius 2 is 1.75 bits per heavy atom. The Bertz CT molecular complexity index is 625. The number of rotatable bonds is 2. The number of anilines is 1. The Balaban J connectivity index is 2.06. The summed E-state index contributed by atoms with van der Waals surface area (Å²) in [6, 6.07) is 12.1. The van der Waals surface area contributed by atoms with Gasteiger partial charge in [0.2, 0.25) is 0 Å². The van der Waals surface area contributed by atoms with Gasteiger partial charge in [-0.25, -0.2) is 9.97 Å². The summed E-state index contributed by atoms with van der Waals surface area (Å²) in [5.41, 5.74) is 2.27. The Labute approximate surface area is 118 Å². The zero-order valence-corrected chi connectivity index (χ0v) is 11.3. The fourth-order valence-electron chi connectivity index (χ4n) is 2.64. The highest BCUT2D eigenvalue weighted by Crippen LogP contribution is 2.28. The molecule has 0 saturated carbocycles. The van der Waals surface area contributed by atoms with Crippen LogP contribution in [0.5, 0.6) is 0 Å². The third kappa shape index (κ3) is 2.35. The molecule has 0 bridgehead atoms. The van der Waals surface area contributed by atoms with Gasteiger partial charge in [0, 0.05) is 18.7 Å². The molecule has 0 unspecified atom stereocenters. The lowest BCUT2D eigenvalue weighted by Crippen LogP contribution is -2.31. The van der Waals surface area contributed by atoms with E-state index in [2.05, 4.69) is 20.9 Å². The van der Waals surface area contributed by atoms with Crippen molar-refractivity contribution in [2.24, 2.45) is 0 Å². The normalized spacial score (nSPS) is 14.8. The molecule has 0 amide bonds. The lowest BCUT2D eigenvalue weighted by molar-refractivity contribution is 0.572. The molecule has 2 heterocycles. The van der Waals surface area contributed by atoms with Gasteiger partial charge in [-0.05, 0) is 19.3 Å². The monoisotopic (exact) mass is 264 g/mol. The maximum absolute atomic E-state index is 9.53. The van der Waals surface area contributed by atoms with Crippen LogP contribution in [-0.2, 0) is 0 Å². The minimum Gasteiger partial charge on any atom is -0.355 e. The van der Waals surface area contributed by atoms with Gasteiger partial charge in [0.1, 0.15) is 18.0 Å². The number of nitrogens with zero attached hydrogens (tertiary/aromatic N) is 4. The number of hydrogen-bond acceptors (Lipinski definition) is 4. The van der Waals surface area contributed by atoms with Crippen molar-refractivity contribution in [3.63, 3.8) is 0 Å². The molecule has 20 heavy (non-hydrogen) atoms. The number of hydrogen-bond donors (Lipinski definition) is 0. The summed E-state index contributed by atoms with van der Waals surface area (Å²) in [5.74, 6) is 0.779. The molecule has 1 aromatic carbocycles. The summed E-state index contributed by atoms with van der Waals surface area (Å²) >= 11 is 0. The SMILES string of the molecule is N#Cc1c(-c2ccccc2)ncnc1N1CCCCC1. The molecule has 0 radical (unpaired) electrons. The molecular weight excluding hydrogens is 248 g/mol. The smallest absolute Gasteiger partial charge is 0.150 e. The van der Waals surface area contributed by atoms with Crippen LogP contribution in [0.3, 0.4) is 0 Å². The van der Waals surface area contributed by atoms with Crippen molar-refractivity contribution < 1.29 is 0 Å². The van der Waals surface area contributed by atoms with Crippen LogP contribution in [0.4, 0.5) is 5.82 Å². The standard InChI is InChI=1S/C16H16N4/c17-11-14-15(13-7-3-1-4-8-13)18-12-19-16(14)20-9-5-2-6-10-20/h1,3-4,7-8,12H,2,5-6,9-10H2.